The number of aliphatic hydroxyl groups excluding tert-OH is 1. The van der Waals surface area contributed by atoms with Crippen LogP contribution in [0.15, 0.2) is 59.9 Å². The lowest BCUT2D eigenvalue weighted by Gasteiger charge is -2.27. The van der Waals surface area contributed by atoms with E-state index in [1.54, 1.807) is 25.1 Å². The second-order valence-corrected chi connectivity index (χ2v) is 9.13. The number of thiazole rings is 1. The molecule has 0 saturated carbocycles. The third kappa shape index (κ3) is 4.53. The summed E-state index contributed by atoms with van der Waals surface area (Å²) in [4.78, 5) is 33.4. The number of methoxy groups -OCH3 is 1. The van der Waals surface area contributed by atoms with Gasteiger partial charge in [-0.25, -0.2) is 4.98 Å². The Balaban J connectivity index is 1.80. The smallest absolute Gasteiger partial charge is 0.290 e. The molecule has 1 aliphatic heterocycles. The molecule has 1 atom stereocenters. The Morgan fingerprint density at radius 3 is 2.54 bits per heavy atom. The highest BCUT2D eigenvalue weighted by Crippen LogP contribution is 2.43. The van der Waals surface area contributed by atoms with Crippen molar-refractivity contribution in [1.29, 1.82) is 0 Å². The zero-order valence-electron chi connectivity index (χ0n) is 20.2. The van der Waals surface area contributed by atoms with Gasteiger partial charge in [0.15, 0.2) is 17.3 Å². The maximum Gasteiger partial charge on any atom is 0.290 e. The number of nitrogens with zero attached hydrogens (tertiary/aromatic N) is 2. The van der Waals surface area contributed by atoms with Crippen molar-refractivity contribution in [2.24, 2.45) is 0 Å². The number of Topliss-reactive ketones (excluding diaryl/α,β-unsaturated/α-hetero) is 1. The fourth-order valence-electron chi connectivity index (χ4n) is 4.27. The van der Waals surface area contributed by atoms with Crippen LogP contribution in [0.3, 0.4) is 0 Å². The minimum Gasteiger partial charge on any atom is -0.503 e. The predicted molar refractivity (Wildman–Crippen MR) is 135 cm³/mol. The Kier molecular flexibility index (Phi) is 7.21. The number of ketones is 1. The molecule has 8 heteroatoms. The van der Waals surface area contributed by atoms with E-state index in [2.05, 4.69) is 4.98 Å². The van der Waals surface area contributed by atoms with Crippen LogP contribution in [0.1, 0.15) is 47.2 Å². The largest absolute Gasteiger partial charge is 0.503 e. The van der Waals surface area contributed by atoms with Crippen molar-refractivity contribution in [3.8, 4) is 22.1 Å². The van der Waals surface area contributed by atoms with E-state index in [9.17, 15) is 14.7 Å². The third-order valence-corrected chi connectivity index (χ3v) is 7.04. The first kappa shape index (κ1) is 24.5. The Bertz CT molecular complexity index is 1280. The van der Waals surface area contributed by atoms with Crippen LogP contribution in [0.5, 0.6) is 11.5 Å². The van der Waals surface area contributed by atoms with Crippen molar-refractivity contribution in [1.82, 2.24) is 9.88 Å². The second kappa shape index (κ2) is 10.3. The highest BCUT2D eigenvalue weighted by molar-refractivity contribution is 7.17. The van der Waals surface area contributed by atoms with Gasteiger partial charge in [-0.2, -0.15) is 0 Å². The minimum absolute atomic E-state index is 0.0565. The van der Waals surface area contributed by atoms with Crippen LogP contribution in [0, 0.1) is 6.92 Å². The standard InChI is InChI=1S/C27H28N2O5S/c1-5-14-29-22(18-12-13-19(34-6-2)20(15-18)33-4)21(24(31)27(29)32)23(30)25-16(3)28-26(35-25)17-10-8-7-9-11-17/h7-13,15,22,31H,5-6,14H2,1-4H3. The zero-order chi connectivity index (χ0) is 25.1. The van der Waals surface area contributed by atoms with Crippen molar-refractivity contribution in [2.45, 2.75) is 33.2 Å². The molecule has 3 aromatic rings. The van der Waals surface area contributed by atoms with Gasteiger partial charge in [0.2, 0.25) is 5.78 Å². The minimum atomic E-state index is -0.749. The Morgan fingerprint density at radius 1 is 1.14 bits per heavy atom. The molecule has 1 N–H and O–H groups in total. The van der Waals surface area contributed by atoms with E-state index in [0.717, 1.165) is 5.56 Å². The van der Waals surface area contributed by atoms with Crippen LogP contribution in [-0.2, 0) is 4.79 Å². The Hall–Kier alpha value is -3.65. The highest BCUT2D eigenvalue weighted by atomic mass is 32.1. The lowest BCUT2D eigenvalue weighted by atomic mass is 9.94. The molecule has 0 bridgehead atoms. The van der Waals surface area contributed by atoms with E-state index in [4.69, 9.17) is 9.47 Å². The van der Waals surface area contributed by atoms with Gasteiger partial charge in [0.25, 0.3) is 5.91 Å². The van der Waals surface area contributed by atoms with Crippen molar-refractivity contribution >= 4 is 23.0 Å². The molecule has 1 aromatic heterocycles. The monoisotopic (exact) mass is 492 g/mol. The molecule has 182 valence electrons. The topological polar surface area (TPSA) is 89.0 Å². The van der Waals surface area contributed by atoms with E-state index in [1.807, 2.05) is 44.2 Å². The van der Waals surface area contributed by atoms with Crippen molar-refractivity contribution in [3.63, 3.8) is 0 Å². The van der Waals surface area contributed by atoms with Gasteiger partial charge < -0.3 is 19.5 Å². The molecule has 4 rings (SSSR count). The molecule has 0 aliphatic carbocycles. The number of benzene rings is 2. The quantitative estimate of drug-likeness (QED) is 0.396. The predicted octanol–water partition coefficient (Wildman–Crippen LogP) is 5.51. The number of rotatable bonds is 9. The summed E-state index contributed by atoms with van der Waals surface area (Å²) < 4.78 is 11.1. The van der Waals surface area contributed by atoms with E-state index in [0.29, 0.717) is 52.2 Å². The maximum atomic E-state index is 13.8. The average Bonchev–Trinajstić information content (AvgIpc) is 3.38. The maximum absolute atomic E-state index is 13.8. The average molecular weight is 493 g/mol. The van der Waals surface area contributed by atoms with Gasteiger partial charge in [-0.05, 0) is 38.0 Å². The molecule has 1 amide bonds. The van der Waals surface area contributed by atoms with Gasteiger partial charge in [0.05, 0.1) is 35.9 Å². The third-order valence-electron chi connectivity index (χ3n) is 5.84. The number of ether oxygens (including phenoxy) is 2. The first-order chi connectivity index (χ1) is 16.9. The van der Waals surface area contributed by atoms with Gasteiger partial charge in [0.1, 0.15) is 5.01 Å². The van der Waals surface area contributed by atoms with Crippen molar-refractivity contribution < 1.29 is 24.2 Å². The molecular formula is C27H28N2O5S. The summed E-state index contributed by atoms with van der Waals surface area (Å²) in [6.07, 6.45) is 0.670. The van der Waals surface area contributed by atoms with Crippen molar-refractivity contribution in [2.75, 3.05) is 20.3 Å². The number of amides is 1. The number of carbonyl (C=O) groups excluding carboxylic acids is 2. The number of aromatic nitrogens is 1. The molecular weight excluding hydrogens is 464 g/mol. The Labute approximate surface area is 208 Å². The molecule has 35 heavy (non-hydrogen) atoms. The van der Waals surface area contributed by atoms with Crippen LogP contribution in [0.2, 0.25) is 0 Å². The number of aliphatic hydroxyl groups is 1. The van der Waals surface area contributed by atoms with Crippen LogP contribution in [0.4, 0.5) is 0 Å². The molecule has 1 unspecified atom stereocenters. The van der Waals surface area contributed by atoms with Gasteiger partial charge in [-0.15, -0.1) is 11.3 Å². The normalized spacial score (nSPS) is 15.6. The highest BCUT2D eigenvalue weighted by Gasteiger charge is 2.44. The summed E-state index contributed by atoms with van der Waals surface area (Å²) in [5, 5.41) is 11.6. The number of aryl methyl sites for hydroxylation is 1. The summed E-state index contributed by atoms with van der Waals surface area (Å²) >= 11 is 1.26. The molecule has 1 aliphatic rings. The van der Waals surface area contributed by atoms with Gasteiger partial charge in [-0.1, -0.05) is 43.3 Å². The molecule has 0 radical (unpaired) electrons. The van der Waals surface area contributed by atoms with Crippen LogP contribution in [0.25, 0.3) is 10.6 Å². The molecule has 0 spiro atoms. The Morgan fingerprint density at radius 2 is 1.89 bits per heavy atom. The van der Waals surface area contributed by atoms with E-state index in [-0.39, 0.29) is 5.57 Å². The summed E-state index contributed by atoms with van der Waals surface area (Å²) in [6.45, 7) is 6.45. The summed E-state index contributed by atoms with van der Waals surface area (Å²) in [5.41, 5.74) is 2.18. The first-order valence-corrected chi connectivity index (χ1v) is 12.3. The zero-order valence-corrected chi connectivity index (χ0v) is 21.0. The van der Waals surface area contributed by atoms with Crippen LogP contribution in [-0.4, -0.2) is 46.9 Å². The molecule has 0 fully saturated rings. The molecule has 2 aromatic carbocycles. The summed E-state index contributed by atoms with van der Waals surface area (Å²) in [6, 6.07) is 14.2. The van der Waals surface area contributed by atoms with Crippen LogP contribution >= 0.6 is 11.3 Å². The molecule has 2 heterocycles. The van der Waals surface area contributed by atoms with Crippen molar-refractivity contribution in [3.05, 3.63) is 76.0 Å². The van der Waals surface area contributed by atoms with Crippen LogP contribution < -0.4 is 9.47 Å². The fourth-order valence-corrected chi connectivity index (χ4v) is 5.29. The molecule has 0 saturated heterocycles. The van der Waals surface area contributed by atoms with E-state index in [1.165, 1.54) is 23.3 Å². The lowest BCUT2D eigenvalue weighted by molar-refractivity contribution is -0.129. The van der Waals surface area contributed by atoms with Gasteiger partial charge in [0, 0.05) is 12.1 Å². The number of hydrogen-bond acceptors (Lipinski definition) is 7. The van der Waals surface area contributed by atoms with E-state index >= 15 is 0 Å². The fraction of sp³-hybridized carbons (Fsp3) is 0.296. The SMILES string of the molecule is CCCN1C(=O)C(O)=C(C(=O)c2sc(-c3ccccc3)nc2C)C1c1ccc(OCC)c(OC)c1. The lowest BCUT2D eigenvalue weighted by Crippen LogP contribution is -2.31. The number of hydrogen-bond donors (Lipinski definition) is 1. The number of carbonyl (C=O) groups is 2. The second-order valence-electron chi connectivity index (χ2n) is 8.14. The van der Waals surface area contributed by atoms with Gasteiger partial charge in [-0.3, -0.25) is 9.59 Å². The molecule has 7 nitrogen and oxygen atoms in total. The first-order valence-electron chi connectivity index (χ1n) is 11.5. The summed E-state index contributed by atoms with van der Waals surface area (Å²) in [5.74, 6) is -0.415. The summed E-state index contributed by atoms with van der Waals surface area (Å²) in [7, 11) is 1.54. The van der Waals surface area contributed by atoms with E-state index < -0.39 is 23.5 Å². The van der Waals surface area contributed by atoms with Gasteiger partial charge >= 0.3 is 0 Å².